The highest BCUT2D eigenvalue weighted by Gasteiger charge is 2.29. The van der Waals surface area contributed by atoms with Gasteiger partial charge in [0, 0.05) is 31.9 Å². The van der Waals surface area contributed by atoms with E-state index >= 15 is 0 Å². The maximum atomic E-state index is 12.0. The third-order valence-electron chi connectivity index (χ3n) is 4.52. The summed E-state index contributed by atoms with van der Waals surface area (Å²) in [5.74, 6) is 0.0313. The number of amides is 3. The average Bonchev–Trinajstić information content (AvgIpc) is 2.88. The molecule has 128 valence electrons. The Kier molecular flexibility index (Phi) is 4.69. The fourth-order valence-corrected chi connectivity index (χ4v) is 3.13. The molecule has 0 aliphatic carbocycles. The second-order valence-electron chi connectivity index (χ2n) is 6.27. The zero-order valence-corrected chi connectivity index (χ0v) is 14.0. The second-order valence-corrected chi connectivity index (χ2v) is 6.27. The van der Waals surface area contributed by atoms with Gasteiger partial charge in [-0.25, -0.2) is 4.79 Å². The van der Waals surface area contributed by atoms with Crippen molar-refractivity contribution in [2.75, 3.05) is 13.1 Å². The van der Waals surface area contributed by atoms with Gasteiger partial charge in [0.1, 0.15) is 6.04 Å². The van der Waals surface area contributed by atoms with Crippen molar-refractivity contribution in [1.29, 1.82) is 0 Å². The van der Waals surface area contributed by atoms with Crippen LogP contribution in [0.4, 0.5) is 4.79 Å². The summed E-state index contributed by atoms with van der Waals surface area (Å²) in [6.07, 6.45) is 1.51. The Labute approximate surface area is 140 Å². The summed E-state index contributed by atoms with van der Waals surface area (Å²) in [7, 11) is 1.91. The van der Waals surface area contributed by atoms with Gasteiger partial charge >= 0.3 is 6.03 Å². The Morgan fingerprint density at radius 2 is 2.21 bits per heavy atom. The van der Waals surface area contributed by atoms with Gasteiger partial charge < -0.3 is 16.0 Å². The molecular formula is C17H23N5O2. The number of urea groups is 1. The van der Waals surface area contributed by atoms with Crippen LogP contribution in [0.1, 0.15) is 19.0 Å². The zero-order chi connectivity index (χ0) is 17.1. The minimum atomic E-state index is -0.463. The highest BCUT2D eigenvalue weighted by Crippen LogP contribution is 2.17. The minimum Gasteiger partial charge on any atom is -0.354 e. The van der Waals surface area contributed by atoms with Crippen molar-refractivity contribution < 1.29 is 9.59 Å². The van der Waals surface area contributed by atoms with Crippen LogP contribution in [-0.2, 0) is 18.3 Å². The lowest BCUT2D eigenvalue weighted by Gasteiger charge is -2.28. The number of carbonyl (C=O) groups is 2. The number of aryl methyl sites for hydroxylation is 1. The fourth-order valence-electron chi connectivity index (χ4n) is 3.13. The van der Waals surface area contributed by atoms with Crippen LogP contribution in [0.3, 0.4) is 0 Å². The van der Waals surface area contributed by atoms with Crippen LogP contribution in [0.2, 0.25) is 0 Å². The van der Waals surface area contributed by atoms with Crippen molar-refractivity contribution in [2.45, 2.75) is 25.8 Å². The van der Waals surface area contributed by atoms with Gasteiger partial charge in [0.05, 0.1) is 11.2 Å². The normalized spacial score (nSPS) is 20.7. The van der Waals surface area contributed by atoms with E-state index in [-0.39, 0.29) is 17.9 Å². The van der Waals surface area contributed by atoms with E-state index in [1.165, 1.54) is 0 Å². The first-order valence-electron chi connectivity index (χ1n) is 8.29. The Morgan fingerprint density at radius 3 is 3.00 bits per heavy atom. The highest BCUT2D eigenvalue weighted by atomic mass is 16.2. The maximum absolute atomic E-state index is 12.0. The molecule has 7 heteroatoms. The molecule has 3 N–H and O–H groups in total. The summed E-state index contributed by atoms with van der Waals surface area (Å²) in [5, 5.41) is 14.0. The number of nitrogens with zero attached hydrogens (tertiary/aromatic N) is 2. The number of hydrogen-bond acceptors (Lipinski definition) is 3. The summed E-state index contributed by atoms with van der Waals surface area (Å²) in [6, 6.07) is 7.24. The van der Waals surface area contributed by atoms with Gasteiger partial charge in [-0.3, -0.25) is 9.48 Å². The largest absolute Gasteiger partial charge is 0.354 e. The van der Waals surface area contributed by atoms with Crippen molar-refractivity contribution in [1.82, 2.24) is 25.7 Å². The second kappa shape index (κ2) is 6.90. The highest BCUT2D eigenvalue weighted by molar-refractivity contribution is 5.88. The van der Waals surface area contributed by atoms with Crippen LogP contribution in [0.5, 0.6) is 0 Å². The van der Waals surface area contributed by atoms with Gasteiger partial charge in [0.2, 0.25) is 5.91 Å². The minimum absolute atomic E-state index is 0.111. The molecule has 24 heavy (non-hydrogen) atoms. The molecule has 0 saturated carbocycles. The predicted molar refractivity (Wildman–Crippen MR) is 91.5 cm³/mol. The van der Waals surface area contributed by atoms with Crippen molar-refractivity contribution in [2.24, 2.45) is 13.0 Å². The molecule has 1 aliphatic rings. The van der Waals surface area contributed by atoms with E-state index in [9.17, 15) is 9.59 Å². The number of aromatic nitrogens is 2. The average molecular weight is 329 g/mol. The Bertz CT molecular complexity index is 755. The van der Waals surface area contributed by atoms with Crippen LogP contribution >= 0.6 is 0 Å². The van der Waals surface area contributed by atoms with Crippen LogP contribution in [0.25, 0.3) is 10.9 Å². The molecule has 1 saturated heterocycles. The molecule has 0 unspecified atom stereocenters. The molecule has 1 aromatic heterocycles. The van der Waals surface area contributed by atoms with E-state index in [1.54, 1.807) is 0 Å². The van der Waals surface area contributed by atoms with Crippen molar-refractivity contribution in [3.05, 3.63) is 30.0 Å². The Morgan fingerprint density at radius 1 is 1.42 bits per heavy atom. The van der Waals surface area contributed by atoms with E-state index in [2.05, 4.69) is 21.0 Å². The first-order chi connectivity index (χ1) is 11.6. The molecule has 1 aromatic carbocycles. The number of benzene rings is 1. The van der Waals surface area contributed by atoms with E-state index in [1.807, 2.05) is 42.9 Å². The standard InChI is InChI=1S/C17H23N5O2/c1-11-7-9-18-16(23)15(11)20-17(24)19-10-8-13-12-5-3-4-6-14(12)22(2)21-13/h3-6,11,15H,7-10H2,1-2H3,(H,18,23)(H2,19,20,24)/t11-,15-/m0/s1. The number of nitrogens with one attached hydrogen (secondary N) is 3. The lowest BCUT2D eigenvalue weighted by atomic mass is 9.94. The van der Waals surface area contributed by atoms with E-state index in [0.29, 0.717) is 19.5 Å². The van der Waals surface area contributed by atoms with Gasteiger partial charge in [0.15, 0.2) is 0 Å². The third kappa shape index (κ3) is 3.34. The number of fused-ring (bicyclic) bond motifs is 1. The van der Waals surface area contributed by atoms with Crippen LogP contribution in [0.15, 0.2) is 24.3 Å². The smallest absolute Gasteiger partial charge is 0.315 e. The van der Waals surface area contributed by atoms with Crippen molar-refractivity contribution in [3.63, 3.8) is 0 Å². The predicted octanol–water partition coefficient (Wildman–Crippen LogP) is 0.940. The Balaban J connectivity index is 1.54. The molecule has 1 fully saturated rings. The lowest BCUT2D eigenvalue weighted by Crippen LogP contribution is -2.56. The number of rotatable bonds is 4. The van der Waals surface area contributed by atoms with Gasteiger partial charge in [-0.1, -0.05) is 25.1 Å². The molecule has 2 aromatic rings. The molecule has 3 amide bonds. The molecule has 3 rings (SSSR count). The Hall–Kier alpha value is -2.57. The summed E-state index contributed by atoms with van der Waals surface area (Å²) < 4.78 is 1.85. The summed E-state index contributed by atoms with van der Waals surface area (Å²) in [4.78, 5) is 23.9. The fraction of sp³-hybridized carbons (Fsp3) is 0.471. The molecule has 7 nitrogen and oxygen atoms in total. The van der Waals surface area contributed by atoms with E-state index in [0.717, 1.165) is 23.0 Å². The topological polar surface area (TPSA) is 88.1 Å². The molecule has 0 spiro atoms. The molecular weight excluding hydrogens is 306 g/mol. The number of hydrogen-bond donors (Lipinski definition) is 3. The number of carbonyl (C=O) groups excluding carboxylic acids is 2. The van der Waals surface area contributed by atoms with Crippen LogP contribution in [-0.4, -0.2) is 40.9 Å². The molecule has 0 radical (unpaired) electrons. The molecule has 2 heterocycles. The van der Waals surface area contributed by atoms with Crippen LogP contribution < -0.4 is 16.0 Å². The SMILES string of the molecule is C[C@H]1CCNC(=O)[C@H]1NC(=O)NCCc1nn(C)c2ccccc12. The van der Waals surface area contributed by atoms with E-state index < -0.39 is 6.04 Å². The molecule has 2 atom stereocenters. The monoisotopic (exact) mass is 329 g/mol. The van der Waals surface area contributed by atoms with E-state index in [4.69, 9.17) is 0 Å². The first-order valence-corrected chi connectivity index (χ1v) is 8.29. The van der Waals surface area contributed by atoms with Gasteiger partial charge in [-0.15, -0.1) is 0 Å². The van der Waals surface area contributed by atoms with Crippen molar-refractivity contribution >= 4 is 22.8 Å². The first kappa shape index (κ1) is 16.3. The summed E-state index contributed by atoms with van der Waals surface area (Å²) in [5.41, 5.74) is 2.03. The number of piperidine rings is 1. The quantitative estimate of drug-likeness (QED) is 0.780. The molecule has 0 bridgehead atoms. The summed E-state index contributed by atoms with van der Waals surface area (Å²) in [6.45, 7) is 3.12. The zero-order valence-electron chi connectivity index (χ0n) is 14.0. The maximum Gasteiger partial charge on any atom is 0.315 e. The number of para-hydroxylation sites is 1. The van der Waals surface area contributed by atoms with Gasteiger partial charge in [-0.05, 0) is 18.4 Å². The molecule has 1 aliphatic heterocycles. The van der Waals surface area contributed by atoms with Gasteiger partial charge in [0.25, 0.3) is 0 Å². The summed E-state index contributed by atoms with van der Waals surface area (Å²) >= 11 is 0. The lowest BCUT2D eigenvalue weighted by molar-refractivity contribution is -0.125. The van der Waals surface area contributed by atoms with Crippen molar-refractivity contribution in [3.8, 4) is 0 Å². The van der Waals surface area contributed by atoms with Crippen LogP contribution in [0, 0.1) is 5.92 Å². The third-order valence-corrected chi connectivity index (χ3v) is 4.52. The van der Waals surface area contributed by atoms with Gasteiger partial charge in [-0.2, -0.15) is 5.10 Å².